The molecule has 0 radical (unpaired) electrons. The summed E-state index contributed by atoms with van der Waals surface area (Å²) in [4.78, 5) is 22.7. The number of carbonyl (C=O) groups is 2. The molecule has 0 aromatic heterocycles. The maximum Gasteiger partial charge on any atom is 0.519 e. The molecule has 1 fully saturated rings. The average molecular weight is 298 g/mol. The topological polar surface area (TPSA) is 61.8 Å². The van der Waals surface area contributed by atoms with Gasteiger partial charge in [-0.1, -0.05) is 60.7 Å². The first-order valence-corrected chi connectivity index (χ1v) is 6.89. The zero-order chi connectivity index (χ0) is 15.4. The van der Waals surface area contributed by atoms with Gasteiger partial charge in [-0.2, -0.15) is 0 Å². The number of hydrogen-bond donors (Lipinski definition) is 0. The van der Waals surface area contributed by atoms with Crippen LogP contribution in [0.25, 0.3) is 0 Å². The Bertz CT molecular complexity index is 614. The summed E-state index contributed by atoms with van der Waals surface area (Å²) >= 11 is 0. The molecule has 2 aromatic rings. The number of rotatable bonds is 3. The van der Waals surface area contributed by atoms with Crippen LogP contribution < -0.4 is 0 Å². The van der Waals surface area contributed by atoms with Gasteiger partial charge in [0.25, 0.3) is 0 Å². The highest BCUT2D eigenvalue weighted by atomic mass is 16.8. The molecular weight excluding hydrogens is 284 g/mol. The highest BCUT2D eigenvalue weighted by Crippen LogP contribution is 2.31. The van der Waals surface area contributed by atoms with Crippen LogP contribution in [-0.2, 0) is 14.2 Å². The molecule has 22 heavy (non-hydrogen) atoms. The fourth-order valence-electron chi connectivity index (χ4n) is 2.54. The minimum atomic E-state index is -1.04. The Kier molecular flexibility index (Phi) is 4.05. The van der Waals surface area contributed by atoms with E-state index in [1.165, 1.54) is 0 Å². The lowest BCUT2D eigenvalue weighted by Gasteiger charge is -2.25. The molecule has 0 amide bonds. The molecule has 0 N–H and O–H groups in total. The summed E-state index contributed by atoms with van der Waals surface area (Å²) in [7, 11) is 0. The summed E-state index contributed by atoms with van der Waals surface area (Å²) in [6, 6.07) is 19.2. The van der Waals surface area contributed by atoms with E-state index in [0.717, 1.165) is 11.1 Å². The normalized spacial score (nSPS) is 18.1. The van der Waals surface area contributed by atoms with Crippen LogP contribution in [0, 0.1) is 0 Å². The molecule has 1 aliphatic heterocycles. The van der Waals surface area contributed by atoms with E-state index in [9.17, 15) is 9.59 Å². The van der Waals surface area contributed by atoms with Crippen LogP contribution in [0.4, 0.5) is 9.59 Å². The van der Waals surface area contributed by atoms with E-state index < -0.39 is 18.4 Å². The second-order valence-electron chi connectivity index (χ2n) is 4.87. The smallest absolute Gasteiger partial charge is 0.430 e. The van der Waals surface area contributed by atoms with Crippen molar-refractivity contribution < 1.29 is 23.8 Å². The van der Waals surface area contributed by atoms with E-state index in [1.807, 2.05) is 60.7 Å². The lowest BCUT2D eigenvalue weighted by Crippen LogP contribution is -2.28. The van der Waals surface area contributed by atoms with Gasteiger partial charge in [-0.15, -0.1) is 0 Å². The molecule has 0 saturated carbocycles. The van der Waals surface area contributed by atoms with Crippen molar-refractivity contribution >= 4 is 12.3 Å². The molecule has 3 rings (SSSR count). The number of hydrogen-bond acceptors (Lipinski definition) is 5. The molecule has 5 nitrogen and oxygen atoms in total. The van der Waals surface area contributed by atoms with Gasteiger partial charge in [0, 0.05) is 5.92 Å². The third-order valence-electron chi connectivity index (χ3n) is 3.47. The van der Waals surface area contributed by atoms with Gasteiger partial charge >= 0.3 is 12.3 Å². The van der Waals surface area contributed by atoms with Crippen LogP contribution in [-0.4, -0.2) is 25.0 Å². The molecule has 1 atom stereocenters. The van der Waals surface area contributed by atoms with Crippen LogP contribution >= 0.6 is 0 Å². The Morgan fingerprint density at radius 2 is 1.36 bits per heavy atom. The highest BCUT2D eigenvalue weighted by Gasteiger charge is 2.34. The van der Waals surface area contributed by atoms with Crippen molar-refractivity contribution in [2.24, 2.45) is 0 Å². The maximum atomic E-state index is 11.5. The molecule has 1 unspecified atom stereocenters. The number of ether oxygens (including phenoxy) is 3. The third-order valence-corrected chi connectivity index (χ3v) is 3.47. The fraction of sp³-hybridized carbons (Fsp3) is 0.176. The predicted molar refractivity (Wildman–Crippen MR) is 77.4 cm³/mol. The minimum Gasteiger partial charge on any atom is -0.430 e. The lowest BCUT2D eigenvalue weighted by atomic mass is 9.87. The SMILES string of the molecule is O=C1OCC(C(c2ccccc2)c2ccccc2)OC(=O)O1. The molecule has 1 saturated heterocycles. The molecule has 5 heteroatoms. The minimum absolute atomic E-state index is 0.0565. The monoisotopic (exact) mass is 298 g/mol. The van der Waals surface area contributed by atoms with Crippen molar-refractivity contribution in [3.63, 3.8) is 0 Å². The Morgan fingerprint density at radius 3 is 1.91 bits per heavy atom. The first kappa shape index (κ1) is 14.1. The van der Waals surface area contributed by atoms with E-state index in [4.69, 9.17) is 9.47 Å². The second kappa shape index (κ2) is 6.30. The number of cyclic esters (lactones) is 4. The highest BCUT2D eigenvalue weighted by molar-refractivity contribution is 5.77. The van der Waals surface area contributed by atoms with Crippen LogP contribution in [0.1, 0.15) is 17.0 Å². The zero-order valence-electron chi connectivity index (χ0n) is 11.7. The summed E-state index contributed by atoms with van der Waals surface area (Å²) in [5.41, 5.74) is 1.92. The largest absolute Gasteiger partial charge is 0.519 e. The molecule has 0 aliphatic carbocycles. The second-order valence-corrected chi connectivity index (χ2v) is 4.87. The Labute approximate surface area is 127 Å². The van der Waals surface area contributed by atoms with Gasteiger partial charge < -0.3 is 14.2 Å². The van der Waals surface area contributed by atoms with Gasteiger partial charge in [0.15, 0.2) is 6.10 Å². The van der Waals surface area contributed by atoms with Gasteiger partial charge in [-0.25, -0.2) is 9.59 Å². The molecule has 0 spiro atoms. The van der Waals surface area contributed by atoms with Gasteiger partial charge in [-0.05, 0) is 11.1 Å². The van der Waals surface area contributed by atoms with Crippen molar-refractivity contribution in [1.82, 2.24) is 0 Å². The van der Waals surface area contributed by atoms with Gasteiger partial charge in [-0.3, -0.25) is 0 Å². The molecule has 112 valence electrons. The molecule has 1 aliphatic rings. The zero-order valence-corrected chi connectivity index (χ0v) is 11.7. The van der Waals surface area contributed by atoms with Crippen molar-refractivity contribution in [3.05, 3.63) is 71.8 Å². The van der Waals surface area contributed by atoms with Crippen LogP contribution in [0.5, 0.6) is 0 Å². The van der Waals surface area contributed by atoms with E-state index in [1.54, 1.807) is 0 Å². The summed E-state index contributed by atoms with van der Waals surface area (Å²) in [5, 5.41) is 0. The Balaban J connectivity index is 1.98. The van der Waals surface area contributed by atoms with Crippen LogP contribution in [0.2, 0.25) is 0 Å². The third kappa shape index (κ3) is 3.09. The van der Waals surface area contributed by atoms with Gasteiger partial charge in [0.1, 0.15) is 6.61 Å². The van der Waals surface area contributed by atoms with Gasteiger partial charge in [0.2, 0.25) is 0 Å². The molecule has 1 heterocycles. The summed E-state index contributed by atoms with van der Waals surface area (Å²) in [5.74, 6) is -0.249. The predicted octanol–water partition coefficient (Wildman–Crippen LogP) is 3.49. The van der Waals surface area contributed by atoms with Crippen LogP contribution in [0.15, 0.2) is 60.7 Å². The summed E-state index contributed by atoms with van der Waals surface area (Å²) < 4.78 is 14.5. The van der Waals surface area contributed by atoms with Crippen molar-refractivity contribution in [3.8, 4) is 0 Å². The van der Waals surface area contributed by atoms with Crippen molar-refractivity contribution in [2.75, 3.05) is 6.61 Å². The fourth-order valence-corrected chi connectivity index (χ4v) is 2.54. The van der Waals surface area contributed by atoms with E-state index in [2.05, 4.69) is 4.74 Å². The van der Waals surface area contributed by atoms with Crippen molar-refractivity contribution in [2.45, 2.75) is 12.0 Å². The van der Waals surface area contributed by atoms with Crippen molar-refractivity contribution in [1.29, 1.82) is 0 Å². The Hall–Kier alpha value is -2.82. The quantitative estimate of drug-likeness (QED) is 0.641. The number of carbonyl (C=O) groups excluding carboxylic acids is 2. The standard InChI is InChI=1S/C17H14O5/c18-16-20-11-14(21-17(19)22-16)15(12-7-3-1-4-8-12)13-9-5-2-6-10-13/h1-10,14-15H,11H2. The lowest BCUT2D eigenvalue weighted by molar-refractivity contribution is 0.0511. The summed E-state index contributed by atoms with van der Waals surface area (Å²) in [6.45, 7) is -0.0565. The molecular formula is C17H14O5. The molecule has 0 bridgehead atoms. The maximum absolute atomic E-state index is 11.5. The molecule has 2 aromatic carbocycles. The first-order valence-electron chi connectivity index (χ1n) is 6.89. The first-order chi connectivity index (χ1) is 10.7. The van der Waals surface area contributed by atoms with Gasteiger partial charge in [0.05, 0.1) is 0 Å². The Morgan fingerprint density at radius 1 is 0.818 bits per heavy atom. The average Bonchev–Trinajstić information content (AvgIpc) is 2.70. The van der Waals surface area contributed by atoms with E-state index in [-0.39, 0.29) is 12.5 Å². The summed E-state index contributed by atoms with van der Waals surface area (Å²) in [6.07, 6.45) is -2.72. The van der Waals surface area contributed by atoms with E-state index >= 15 is 0 Å². The van der Waals surface area contributed by atoms with Crippen LogP contribution in [0.3, 0.4) is 0 Å². The van der Waals surface area contributed by atoms with E-state index in [0.29, 0.717) is 0 Å². The number of benzene rings is 2.